The summed E-state index contributed by atoms with van der Waals surface area (Å²) in [4.78, 5) is 31.7. The van der Waals surface area contributed by atoms with Crippen molar-refractivity contribution in [3.63, 3.8) is 0 Å². The van der Waals surface area contributed by atoms with Crippen molar-refractivity contribution in [1.29, 1.82) is 0 Å². The first-order valence-electron chi connectivity index (χ1n) is 9.64. The van der Waals surface area contributed by atoms with E-state index >= 15 is 0 Å². The molecule has 2 N–H and O–H groups in total. The van der Waals surface area contributed by atoms with Gasteiger partial charge >= 0.3 is 0 Å². The minimum atomic E-state index is -0.419. The van der Waals surface area contributed by atoms with Gasteiger partial charge in [0, 0.05) is 11.4 Å². The molecule has 148 valence electrons. The maximum Gasteiger partial charge on any atom is 0.263 e. The first-order valence-corrected chi connectivity index (χ1v) is 11.3. The van der Waals surface area contributed by atoms with Crippen LogP contribution in [0, 0.1) is 11.3 Å². The molecule has 2 atom stereocenters. The minimum Gasteiger partial charge on any atom is -0.369 e. The fourth-order valence-corrected chi connectivity index (χ4v) is 5.93. The van der Waals surface area contributed by atoms with Crippen LogP contribution >= 0.6 is 23.1 Å². The molecule has 3 rings (SSSR count). The van der Waals surface area contributed by atoms with E-state index in [0.717, 1.165) is 35.9 Å². The van der Waals surface area contributed by atoms with Crippen molar-refractivity contribution in [1.82, 2.24) is 9.55 Å². The smallest absolute Gasteiger partial charge is 0.263 e. The first kappa shape index (κ1) is 20.4. The Labute approximate surface area is 168 Å². The molecule has 27 heavy (non-hydrogen) atoms. The molecule has 2 heterocycles. The molecular formula is C20H29N3O2S2. The summed E-state index contributed by atoms with van der Waals surface area (Å²) in [5.74, 6) is 0.232. The lowest BCUT2D eigenvalue weighted by Crippen LogP contribution is -2.28. The summed E-state index contributed by atoms with van der Waals surface area (Å²) in [6.07, 6.45) is 3.92. The van der Waals surface area contributed by atoms with Crippen LogP contribution < -0.4 is 11.3 Å². The fraction of sp³-hybridized carbons (Fsp3) is 0.650. The van der Waals surface area contributed by atoms with Gasteiger partial charge in [-0.1, -0.05) is 39.5 Å². The van der Waals surface area contributed by atoms with Crippen LogP contribution in [0.5, 0.6) is 0 Å². The molecular weight excluding hydrogens is 378 g/mol. The van der Waals surface area contributed by atoms with Crippen molar-refractivity contribution in [3.8, 4) is 0 Å². The van der Waals surface area contributed by atoms with Crippen molar-refractivity contribution >= 4 is 39.2 Å². The molecule has 1 amide bonds. The molecule has 0 unspecified atom stereocenters. The first-order chi connectivity index (χ1) is 12.6. The van der Waals surface area contributed by atoms with Gasteiger partial charge in [0.2, 0.25) is 5.91 Å². The van der Waals surface area contributed by atoms with E-state index in [-0.39, 0.29) is 11.0 Å². The second-order valence-electron chi connectivity index (χ2n) is 8.50. The average molecular weight is 408 g/mol. The zero-order valence-corrected chi connectivity index (χ0v) is 18.4. The monoisotopic (exact) mass is 407 g/mol. The molecule has 0 bridgehead atoms. The number of fused-ring (bicyclic) bond motifs is 3. The second-order valence-corrected chi connectivity index (χ2v) is 10.9. The predicted octanol–water partition coefficient (Wildman–Crippen LogP) is 3.98. The highest BCUT2D eigenvalue weighted by atomic mass is 32.2. The van der Waals surface area contributed by atoms with Crippen molar-refractivity contribution < 1.29 is 4.79 Å². The largest absolute Gasteiger partial charge is 0.369 e. The van der Waals surface area contributed by atoms with E-state index < -0.39 is 11.2 Å². The molecule has 0 saturated carbocycles. The Morgan fingerprint density at radius 2 is 2.15 bits per heavy atom. The lowest BCUT2D eigenvalue weighted by atomic mass is 9.72. The molecule has 0 saturated heterocycles. The van der Waals surface area contributed by atoms with Crippen LogP contribution in [0.25, 0.3) is 10.2 Å². The molecule has 0 aliphatic heterocycles. The number of hydrogen-bond acceptors (Lipinski definition) is 5. The van der Waals surface area contributed by atoms with Gasteiger partial charge in [0.05, 0.1) is 10.6 Å². The Hall–Kier alpha value is -1.34. The number of rotatable bonds is 5. The molecule has 2 aromatic rings. The third-order valence-corrected chi connectivity index (χ3v) is 7.75. The highest BCUT2D eigenvalue weighted by Crippen LogP contribution is 2.42. The summed E-state index contributed by atoms with van der Waals surface area (Å²) in [5, 5.41) is 0.982. The second kappa shape index (κ2) is 7.59. The minimum absolute atomic E-state index is 0.0349. The zero-order valence-electron chi connectivity index (χ0n) is 16.8. The summed E-state index contributed by atoms with van der Waals surface area (Å²) >= 11 is 2.94. The number of carbonyl (C=O) groups is 1. The lowest BCUT2D eigenvalue weighted by Gasteiger charge is -2.33. The van der Waals surface area contributed by atoms with Crippen LogP contribution in [0.3, 0.4) is 0 Å². The molecule has 7 heteroatoms. The van der Waals surface area contributed by atoms with E-state index in [1.54, 1.807) is 22.8 Å². The fourth-order valence-electron chi connectivity index (χ4n) is 3.71. The van der Waals surface area contributed by atoms with Crippen LogP contribution in [0.1, 0.15) is 57.9 Å². The summed E-state index contributed by atoms with van der Waals surface area (Å²) in [6, 6.07) is 0. The molecule has 1 aliphatic rings. The Morgan fingerprint density at radius 3 is 2.74 bits per heavy atom. The molecule has 0 spiro atoms. The van der Waals surface area contributed by atoms with Gasteiger partial charge in [0.1, 0.15) is 4.83 Å². The molecule has 5 nitrogen and oxygen atoms in total. The van der Waals surface area contributed by atoms with Crippen molar-refractivity contribution in [2.75, 3.05) is 0 Å². The molecule has 0 aromatic carbocycles. The lowest BCUT2D eigenvalue weighted by molar-refractivity contribution is -0.117. The summed E-state index contributed by atoms with van der Waals surface area (Å²) in [5.41, 5.74) is 6.93. The number of hydrogen-bond donors (Lipinski definition) is 1. The number of aryl methyl sites for hydroxylation is 1. The van der Waals surface area contributed by atoms with Crippen LogP contribution in [0.2, 0.25) is 0 Å². The number of aromatic nitrogens is 2. The number of nitrogens with two attached hydrogens (primary N) is 1. The van der Waals surface area contributed by atoms with Gasteiger partial charge in [-0.2, -0.15) is 0 Å². The Kier molecular flexibility index (Phi) is 5.73. The number of amides is 1. The number of thioether (sulfide) groups is 1. The van der Waals surface area contributed by atoms with E-state index in [1.807, 2.05) is 6.92 Å². The number of thiophene rings is 1. The third-order valence-electron chi connectivity index (χ3n) is 5.49. The third kappa shape index (κ3) is 3.94. The molecule has 1 aliphatic carbocycles. The molecule has 2 aromatic heterocycles. The Balaban J connectivity index is 2.11. The maximum atomic E-state index is 13.3. The van der Waals surface area contributed by atoms with Crippen LogP contribution in [0.15, 0.2) is 9.95 Å². The van der Waals surface area contributed by atoms with Gasteiger partial charge in [-0.25, -0.2) is 4.98 Å². The van der Waals surface area contributed by atoms with E-state index in [2.05, 4.69) is 20.8 Å². The van der Waals surface area contributed by atoms with Gasteiger partial charge < -0.3 is 5.73 Å². The standard InChI is InChI=1S/C20H29N3O2S2/c1-6-9-23-18(25)15-13-8-7-12(20(3,4)5)10-14(13)27-17(15)22-19(23)26-11(2)16(21)24/h11-12H,6-10H2,1-5H3,(H2,21,24)/t11-,12-/m0/s1. The summed E-state index contributed by atoms with van der Waals surface area (Å²) in [7, 11) is 0. The number of primary amides is 1. The Bertz CT molecular complexity index is 924. The van der Waals surface area contributed by atoms with Gasteiger partial charge in [-0.3, -0.25) is 14.2 Å². The van der Waals surface area contributed by atoms with Gasteiger partial charge in [0.15, 0.2) is 5.16 Å². The normalized spacial score (nSPS) is 18.5. The SMILES string of the molecule is CCCn1c(S[C@@H](C)C(N)=O)nc2sc3c(c2c1=O)CC[C@H](C(C)(C)C)C3. The van der Waals surface area contributed by atoms with Crippen molar-refractivity contribution in [2.24, 2.45) is 17.1 Å². The summed E-state index contributed by atoms with van der Waals surface area (Å²) in [6.45, 7) is 11.3. The van der Waals surface area contributed by atoms with E-state index in [4.69, 9.17) is 10.7 Å². The van der Waals surface area contributed by atoms with Crippen molar-refractivity contribution in [3.05, 3.63) is 20.8 Å². The number of nitrogens with zero attached hydrogens (tertiary/aromatic N) is 2. The Morgan fingerprint density at radius 1 is 1.44 bits per heavy atom. The number of carbonyl (C=O) groups excluding carboxylic acids is 1. The topological polar surface area (TPSA) is 78.0 Å². The van der Waals surface area contributed by atoms with Crippen LogP contribution in [0.4, 0.5) is 0 Å². The zero-order chi connectivity index (χ0) is 19.9. The quantitative estimate of drug-likeness (QED) is 0.600. The highest BCUT2D eigenvalue weighted by Gasteiger charge is 2.32. The van der Waals surface area contributed by atoms with Gasteiger partial charge in [0.25, 0.3) is 5.56 Å². The van der Waals surface area contributed by atoms with E-state index in [0.29, 0.717) is 17.6 Å². The molecule has 0 fully saturated rings. The maximum absolute atomic E-state index is 13.3. The van der Waals surface area contributed by atoms with Crippen LogP contribution in [-0.4, -0.2) is 20.7 Å². The summed E-state index contributed by atoms with van der Waals surface area (Å²) < 4.78 is 1.73. The van der Waals surface area contributed by atoms with Crippen LogP contribution in [-0.2, 0) is 24.2 Å². The average Bonchev–Trinajstić information content (AvgIpc) is 2.94. The van der Waals surface area contributed by atoms with E-state index in [9.17, 15) is 9.59 Å². The molecule has 0 radical (unpaired) electrons. The highest BCUT2D eigenvalue weighted by molar-refractivity contribution is 8.00. The predicted molar refractivity (Wildman–Crippen MR) is 114 cm³/mol. The van der Waals surface area contributed by atoms with Gasteiger partial charge in [-0.05, 0) is 49.5 Å². The van der Waals surface area contributed by atoms with E-state index in [1.165, 1.54) is 22.2 Å². The van der Waals surface area contributed by atoms with Gasteiger partial charge in [-0.15, -0.1) is 11.3 Å². The van der Waals surface area contributed by atoms with Crippen molar-refractivity contribution in [2.45, 2.75) is 77.3 Å².